The summed E-state index contributed by atoms with van der Waals surface area (Å²) in [6.07, 6.45) is -0.437. The summed E-state index contributed by atoms with van der Waals surface area (Å²) < 4.78 is 11.8. The number of amidine groups is 1. The van der Waals surface area contributed by atoms with E-state index in [-0.39, 0.29) is 12.3 Å². The van der Waals surface area contributed by atoms with E-state index in [1.807, 2.05) is 23.5 Å². The first-order valence-electron chi connectivity index (χ1n) is 19.4. The van der Waals surface area contributed by atoms with E-state index in [0.29, 0.717) is 0 Å². The highest BCUT2D eigenvalue weighted by atomic mass is 32.1. The molecule has 12 rings (SSSR count). The van der Waals surface area contributed by atoms with Crippen molar-refractivity contribution in [3.05, 3.63) is 199 Å². The highest BCUT2D eigenvalue weighted by Crippen LogP contribution is 2.44. The smallest absolute Gasteiger partial charge is 0.143 e. The van der Waals surface area contributed by atoms with Crippen LogP contribution in [0.25, 0.3) is 80.7 Å². The Bertz CT molecular complexity index is 3320. The van der Waals surface area contributed by atoms with Gasteiger partial charge >= 0.3 is 0 Å². The van der Waals surface area contributed by atoms with Gasteiger partial charge in [0.25, 0.3) is 0 Å². The maximum atomic E-state index is 6.84. The molecular weight excluding hydrogens is 717 g/mol. The number of rotatable bonds is 5. The van der Waals surface area contributed by atoms with Crippen molar-refractivity contribution in [2.24, 2.45) is 4.99 Å². The Hall–Kier alpha value is -6.99. The van der Waals surface area contributed by atoms with Crippen LogP contribution in [0.5, 0.6) is 0 Å². The predicted octanol–water partition coefficient (Wildman–Crippen LogP) is 13.1. The zero-order chi connectivity index (χ0) is 37.5. The van der Waals surface area contributed by atoms with Crippen molar-refractivity contribution in [2.45, 2.75) is 12.3 Å². The van der Waals surface area contributed by atoms with E-state index in [4.69, 9.17) is 9.41 Å². The second kappa shape index (κ2) is 12.8. The zero-order valence-electron chi connectivity index (χ0n) is 30.7. The Morgan fingerprint density at radius 3 is 2.05 bits per heavy atom. The van der Waals surface area contributed by atoms with Gasteiger partial charge in [-0.05, 0) is 47.5 Å². The molecule has 4 heterocycles. The molecule has 0 saturated heterocycles. The van der Waals surface area contributed by atoms with Crippen LogP contribution in [0.3, 0.4) is 0 Å². The number of thiophene rings is 1. The number of fused-ring (bicyclic) bond motifs is 9. The minimum atomic E-state index is -0.223. The number of nitrogens with one attached hydrogen (secondary N) is 2. The molecule has 11 aromatic rings. The third-order valence-corrected chi connectivity index (χ3v) is 12.7. The second-order valence-corrected chi connectivity index (χ2v) is 15.8. The number of aliphatic imine (C=N–C) groups is 1. The summed E-state index contributed by atoms with van der Waals surface area (Å²) in [6, 6.07) is 64.8. The van der Waals surface area contributed by atoms with Gasteiger partial charge in [-0.25, -0.2) is 4.99 Å². The van der Waals surface area contributed by atoms with Crippen LogP contribution >= 0.6 is 11.3 Å². The molecule has 0 spiro atoms. The van der Waals surface area contributed by atoms with Crippen molar-refractivity contribution in [3.63, 3.8) is 0 Å². The highest BCUT2D eigenvalue weighted by Gasteiger charge is 2.28. The van der Waals surface area contributed by atoms with E-state index in [2.05, 4.69) is 185 Å². The molecule has 270 valence electrons. The van der Waals surface area contributed by atoms with Gasteiger partial charge in [0.2, 0.25) is 0 Å². The number of nitrogens with zero attached hydrogens (tertiary/aromatic N) is 2. The third kappa shape index (κ3) is 5.08. The van der Waals surface area contributed by atoms with Crippen molar-refractivity contribution in [2.75, 3.05) is 0 Å². The normalized spacial score (nSPS) is 15.9. The molecule has 2 N–H and O–H groups in total. The number of benzene rings is 8. The molecule has 3 aromatic heterocycles. The predicted molar refractivity (Wildman–Crippen MR) is 238 cm³/mol. The van der Waals surface area contributed by atoms with Gasteiger partial charge in [0, 0.05) is 53.7 Å². The minimum Gasteiger partial charge on any atom is -0.455 e. The molecule has 1 aliphatic heterocycles. The summed E-state index contributed by atoms with van der Waals surface area (Å²) in [7, 11) is 0. The first-order valence-corrected chi connectivity index (χ1v) is 20.2. The van der Waals surface area contributed by atoms with E-state index in [0.717, 1.165) is 55.6 Å². The van der Waals surface area contributed by atoms with Crippen LogP contribution in [0.2, 0.25) is 0 Å². The fourth-order valence-corrected chi connectivity index (χ4v) is 10.1. The van der Waals surface area contributed by atoms with E-state index >= 15 is 0 Å². The Morgan fingerprint density at radius 2 is 1.25 bits per heavy atom. The monoisotopic (exact) mass is 750 g/mol. The summed E-state index contributed by atoms with van der Waals surface area (Å²) >= 11 is 1.86. The first kappa shape index (κ1) is 32.3. The summed E-state index contributed by atoms with van der Waals surface area (Å²) in [5.41, 5.74) is 10.9. The molecule has 0 saturated carbocycles. The van der Waals surface area contributed by atoms with E-state index < -0.39 is 0 Å². The van der Waals surface area contributed by atoms with Gasteiger partial charge in [-0.1, -0.05) is 146 Å². The van der Waals surface area contributed by atoms with Gasteiger partial charge in [-0.15, -0.1) is 11.3 Å². The standard InChI is InChI=1S/C51H34N4OS/c1-3-14-31(15-4-1)49-52-50(32-16-5-2-6-17-32)54-51(53-49)39-23-13-27-44-46(39)38-22-11-20-34(47(38)56-44)33-28-29-45-40(30-33)37-21-12-26-43(48(37)57-45)55-41-24-9-7-18-35(41)36-19-8-10-25-42(36)55/h1-30,49,51,53H,(H,52,54). The highest BCUT2D eigenvalue weighted by molar-refractivity contribution is 7.26. The lowest BCUT2D eigenvalue weighted by Gasteiger charge is -2.32. The van der Waals surface area contributed by atoms with Crippen molar-refractivity contribution >= 4 is 81.1 Å². The number of para-hydroxylation sites is 3. The molecule has 0 aliphatic carbocycles. The van der Waals surface area contributed by atoms with Gasteiger partial charge in [0.15, 0.2) is 0 Å². The van der Waals surface area contributed by atoms with Gasteiger partial charge in [-0.3, -0.25) is 5.32 Å². The molecule has 2 atom stereocenters. The van der Waals surface area contributed by atoms with Crippen molar-refractivity contribution in [1.29, 1.82) is 0 Å². The Kier molecular flexibility index (Phi) is 7.24. The lowest BCUT2D eigenvalue weighted by Crippen LogP contribution is -2.45. The van der Waals surface area contributed by atoms with Gasteiger partial charge in [0.05, 0.1) is 21.4 Å². The van der Waals surface area contributed by atoms with Crippen molar-refractivity contribution < 1.29 is 4.42 Å². The Morgan fingerprint density at radius 1 is 0.561 bits per heavy atom. The van der Waals surface area contributed by atoms with Crippen LogP contribution in [0.1, 0.15) is 29.0 Å². The lowest BCUT2D eigenvalue weighted by atomic mass is 9.98. The molecule has 5 nitrogen and oxygen atoms in total. The van der Waals surface area contributed by atoms with Crippen LogP contribution in [-0.4, -0.2) is 10.4 Å². The first-order chi connectivity index (χ1) is 28.3. The van der Waals surface area contributed by atoms with Crippen molar-refractivity contribution in [1.82, 2.24) is 15.2 Å². The van der Waals surface area contributed by atoms with Crippen LogP contribution in [0.4, 0.5) is 0 Å². The van der Waals surface area contributed by atoms with Gasteiger partial charge in [0.1, 0.15) is 29.3 Å². The Labute approximate surface area is 332 Å². The van der Waals surface area contributed by atoms with Crippen LogP contribution in [0, 0.1) is 0 Å². The maximum Gasteiger partial charge on any atom is 0.143 e. The topological polar surface area (TPSA) is 54.5 Å². The van der Waals surface area contributed by atoms with E-state index in [1.54, 1.807) is 0 Å². The number of aromatic nitrogens is 1. The quantitative estimate of drug-likeness (QED) is 0.184. The molecule has 0 bridgehead atoms. The fourth-order valence-electron chi connectivity index (χ4n) is 8.92. The summed E-state index contributed by atoms with van der Waals surface area (Å²) in [5.74, 6) is 0.858. The average molecular weight is 751 g/mol. The lowest BCUT2D eigenvalue weighted by molar-refractivity contribution is 0.411. The fraction of sp³-hybridized carbons (Fsp3) is 0.0392. The van der Waals surface area contributed by atoms with Gasteiger partial charge < -0.3 is 14.3 Å². The molecule has 1 aliphatic rings. The largest absolute Gasteiger partial charge is 0.455 e. The molecule has 2 unspecified atom stereocenters. The maximum absolute atomic E-state index is 6.84. The zero-order valence-corrected chi connectivity index (χ0v) is 31.5. The van der Waals surface area contributed by atoms with Gasteiger partial charge in [-0.2, -0.15) is 0 Å². The van der Waals surface area contributed by atoms with Crippen LogP contribution < -0.4 is 10.6 Å². The number of hydrogen-bond acceptors (Lipinski definition) is 5. The SMILES string of the molecule is c1ccc(C2=NC(c3ccccc3)NC(c3cccc4oc5c(-c6ccc7sc8c(-n9c%10ccccc%10c%10ccccc%109)cccc8c7c6)cccc5c34)N2)cc1. The molecule has 8 aromatic carbocycles. The molecular formula is C51H34N4OS. The average Bonchev–Trinajstić information content (AvgIpc) is 3.96. The molecule has 0 radical (unpaired) electrons. The summed E-state index contributed by atoms with van der Waals surface area (Å²) in [5, 5.41) is 14.8. The molecule has 6 heteroatoms. The third-order valence-electron chi connectivity index (χ3n) is 11.5. The second-order valence-electron chi connectivity index (χ2n) is 14.7. The van der Waals surface area contributed by atoms with E-state index in [9.17, 15) is 0 Å². The van der Waals surface area contributed by atoms with Crippen LogP contribution in [-0.2, 0) is 0 Å². The van der Waals surface area contributed by atoms with Crippen LogP contribution in [0.15, 0.2) is 191 Å². The number of furan rings is 1. The summed E-state index contributed by atoms with van der Waals surface area (Å²) in [4.78, 5) is 5.14. The van der Waals surface area contributed by atoms with E-state index in [1.165, 1.54) is 47.7 Å². The van der Waals surface area contributed by atoms with Crippen molar-refractivity contribution in [3.8, 4) is 16.8 Å². The molecule has 57 heavy (non-hydrogen) atoms. The number of hydrogen-bond donors (Lipinski definition) is 2. The molecule has 0 amide bonds. The Balaban J connectivity index is 0.989. The minimum absolute atomic E-state index is 0.215. The molecule has 0 fully saturated rings. The summed E-state index contributed by atoms with van der Waals surface area (Å²) in [6.45, 7) is 0.